The third-order valence-electron chi connectivity index (χ3n) is 4.15. The molecule has 1 N–H and O–H groups in total. The van der Waals surface area contributed by atoms with E-state index in [0.717, 1.165) is 10.5 Å². The number of para-hydroxylation sites is 1. The summed E-state index contributed by atoms with van der Waals surface area (Å²) in [5, 5.41) is 2.62. The summed E-state index contributed by atoms with van der Waals surface area (Å²) in [5.41, 5.74) is 1.44. The Morgan fingerprint density at radius 2 is 1.86 bits per heavy atom. The van der Waals surface area contributed by atoms with Gasteiger partial charge in [-0.2, -0.15) is 0 Å². The number of amides is 2. The minimum atomic E-state index is -0.791. The van der Waals surface area contributed by atoms with Crippen molar-refractivity contribution >= 4 is 29.3 Å². The summed E-state index contributed by atoms with van der Waals surface area (Å²) in [4.78, 5) is 48.9. The summed E-state index contributed by atoms with van der Waals surface area (Å²) in [7, 11) is 1.55. The fraction of sp³-hybridized carbons (Fsp3) is 0.200. The molecule has 0 unspecified atom stereocenters. The van der Waals surface area contributed by atoms with Gasteiger partial charge in [-0.3, -0.25) is 24.1 Å². The number of hydrogen-bond donors (Lipinski definition) is 1. The molecule has 0 saturated carbocycles. The molecular weight excluding hydrogens is 364 g/mol. The van der Waals surface area contributed by atoms with Gasteiger partial charge in [0.15, 0.2) is 6.61 Å². The number of nitrogens with one attached hydrogen (secondary N) is 1. The molecule has 2 aromatic carbocycles. The van der Waals surface area contributed by atoms with Crippen LogP contribution in [0.15, 0.2) is 48.5 Å². The predicted octanol–water partition coefficient (Wildman–Crippen LogP) is 1.08. The molecule has 0 spiro atoms. The second-order valence-corrected chi connectivity index (χ2v) is 6.03. The zero-order valence-corrected chi connectivity index (χ0v) is 15.1. The lowest BCUT2D eigenvalue weighted by Gasteiger charge is -2.15. The smallest absolute Gasteiger partial charge is 0.326 e. The minimum Gasteiger partial charge on any atom is -0.497 e. The van der Waals surface area contributed by atoms with Crippen molar-refractivity contribution in [2.24, 2.45) is 0 Å². The Hall–Kier alpha value is -3.68. The van der Waals surface area contributed by atoms with Gasteiger partial charge in [0.05, 0.1) is 18.4 Å². The van der Waals surface area contributed by atoms with Gasteiger partial charge in [-0.15, -0.1) is 0 Å². The van der Waals surface area contributed by atoms with Crippen molar-refractivity contribution in [2.75, 3.05) is 25.2 Å². The third-order valence-corrected chi connectivity index (χ3v) is 4.15. The summed E-state index contributed by atoms with van der Waals surface area (Å²) < 4.78 is 10.0. The highest BCUT2D eigenvalue weighted by Crippen LogP contribution is 2.28. The lowest BCUT2D eigenvalue weighted by Crippen LogP contribution is -2.37. The number of rotatable bonds is 7. The van der Waals surface area contributed by atoms with Crippen molar-refractivity contribution in [3.63, 3.8) is 0 Å². The number of anilines is 1. The zero-order valence-electron chi connectivity index (χ0n) is 15.1. The topological polar surface area (TPSA) is 102 Å². The average Bonchev–Trinajstić information content (AvgIpc) is 2.96. The largest absolute Gasteiger partial charge is 0.497 e. The minimum absolute atomic E-state index is 0.247. The second-order valence-electron chi connectivity index (χ2n) is 6.03. The van der Waals surface area contributed by atoms with Crippen LogP contribution in [0.4, 0.5) is 5.69 Å². The summed E-state index contributed by atoms with van der Waals surface area (Å²) in [6.45, 7) is -0.675. The highest BCUT2D eigenvalue weighted by Gasteiger charge is 2.36. The molecule has 0 bridgehead atoms. The van der Waals surface area contributed by atoms with Gasteiger partial charge in [0.1, 0.15) is 12.3 Å². The van der Waals surface area contributed by atoms with Crippen LogP contribution in [-0.4, -0.2) is 43.8 Å². The van der Waals surface area contributed by atoms with Gasteiger partial charge in [0.2, 0.25) is 0 Å². The first-order valence-electron chi connectivity index (χ1n) is 8.50. The van der Waals surface area contributed by atoms with Crippen LogP contribution in [-0.2, 0) is 25.7 Å². The molecule has 0 saturated heterocycles. The molecule has 8 heteroatoms. The van der Waals surface area contributed by atoms with Gasteiger partial charge in [0, 0.05) is 6.54 Å². The number of nitrogens with zero attached hydrogens (tertiary/aromatic N) is 1. The highest BCUT2D eigenvalue weighted by molar-refractivity contribution is 6.52. The van der Waals surface area contributed by atoms with E-state index in [4.69, 9.17) is 9.47 Å². The molecule has 1 aliphatic rings. The maximum Gasteiger partial charge on any atom is 0.326 e. The fourth-order valence-electron chi connectivity index (χ4n) is 2.76. The van der Waals surface area contributed by atoms with Crippen molar-refractivity contribution in [2.45, 2.75) is 6.54 Å². The van der Waals surface area contributed by atoms with E-state index in [1.54, 1.807) is 43.5 Å². The van der Waals surface area contributed by atoms with Crippen molar-refractivity contribution in [1.82, 2.24) is 5.32 Å². The van der Waals surface area contributed by atoms with Crippen LogP contribution in [0.25, 0.3) is 0 Å². The Bertz CT molecular complexity index is 940. The molecule has 2 amide bonds. The lowest BCUT2D eigenvalue weighted by atomic mass is 10.1. The SMILES string of the molecule is COc1cccc(CNC(=O)COC(=O)CN2C(=O)C(=O)c3ccccc32)c1. The van der Waals surface area contributed by atoms with Crippen molar-refractivity contribution in [1.29, 1.82) is 0 Å². The molecule has 28 heavy (non-hydrogen) atoms. The molecule has 2 aromatic rings. The number of hydrogen-bond acceptors (Lipinski definition) is 6. The molecule has 3 rings (SSSR count). The summed E-state index contributed by atoms with van der Waals surface area (Å²) in [6.07, 6.45) is 0. The Labute approximate surface area is 161 Å². The maximum absolute atomic E-state index is 12.0. The molecule has 0 aromatic heterocycles. The highest BCUT2D eigenvalue weighted by atomic mass is 16.5. The van der Waals surface area contributed by atoms with Crippen LogP contribution >= 0.6 is 0 Å². The number of Topliss-reactive ketones (excluding diaryl/α,β-unsaturated/α-hetero) is 1. The van der Waals surface area contributed by atoms with Crippen LogP contribution in [0.1, 0.15) is 15.9 Å². The van der Waals surface area contributed by atoms with Crippen LogP contribution in [0.3, 0.4) is 0 Å². The van der Waals surface area contributed by atoms with Crippen molar-refractivity contribution < 1.29 is 28.7 Å². The van der Waals surface area contributed by atoms with Gasteiger partial charge in [-0.1, -0.05) is 24.3 Å². The fourth-order valence-corrected chi connectivity index (χ4v) is 2.76. The van der Waals surface area contributed by atoms with Crippen molar-refractivity contribution in [3.05, 3.63) is 59.7 Å². The predicted molar refractivity (Wildman–Crippen MR) is 98.9 cm³/mol. The first-order chi connectivity index (χ1) is 13.5. The van der Waals surface area contributed by atoms with E-state index in [1.165, 1.54) is 6.07 Å². The van der Waals surface area contributed by atoms with E-state index < -0.39 is 36.7 Å². The van der Waals surface area contributed by atoms with E-state index in [1.807, 2.05) is 6.07 Å². The Morgan fingerprint density at radius 3 is 2.64 bits per heavy atom. The normalized spacial score (nSPS) is 12.5. The number of carbonyl (C=O) groups excluding carboxylic acids is 4. The van der Waals surface area contributed by atoms with Crippen LogP contribution in [0, 0.1) is 0 Å². The first kappa shape index (κ1) is 19.1. The number of methoxy groups -OCH3 is 1. The summed E-state index contributed by atoms with van der Waals surface area (Å²) in [5.74, 6) is -2.06. The average molecular weight is 382 g/mol. The second kappa shape index (κ2) is 8.34. The molecule has 144 valence electrons. The molecule has 1 aliphatic heterocycles. The van der Waals surface area contributed by atoms with E-state index in [2.05, 4.69) is 5.32 Å². The van der Waals surface area contributed by atoms with Gasteiger partial charge in [-0.25, -0.2) is 0 Å². The molecule has 1 heterocycles. The van der Waals surface area contributed by atoms with Crippen molar-refractivity contribution in [3.8, 4) is 5.75 Å². The van der Waals surface area contributed by atoms with Crippen LogP contribution in [0.2, 0.25) is 0 Å². The maximum atomic E-state index is 12.0. The van der Waals surface area contributed by atoms with Gasteiger partial charge >= 0.3 is 5.97 Å². The number of ketones is 1. The van der Waals surface area contributed by atoms with Gasteiger partial charge in [-0.05, 0) is 29.8 Å². The molecule has 0 fully saturated rings. The monoisotopic (exact) mass is 382 g/mol. The summed E-state index contributed by atoms with van der Waals surface area (Å²) >= 11 is 0. The molecule has 0 aliphatic carbocycles. The standard InChI is InChI=1S/C20H18N2O6/c1-27-14-6-4-5-13(9-14)10-21-17(23)12-28-18(24)11-22-16-8-3-2-7-15(16)19(25)20(22)26/h2-9H,10-12H2,1H3,(H,21,23). The molecular formula is C20H18N2O6. The van der Waals surface area contributed by atoms with E-state index >= 15 is 0 Å². The van der Waals surface area contributed by atoms with E-state index in [0.29, 0.717) is 11.4 Å². The van der Waals surface area contributed by atoms with Gasteiger partial charge in [0.25, 0.3) is 17.6 Å². The quantitative estimate of drug-likeness (QED) is 0.568. The molecule has 0 atom stereocenters. The Kier molecular flexibility index (Phi) is 5.69. The number of benzene rings is 2. The summed E-state index contributed by atoms with van der Waals surface area (Å²) in [6, 6.07) is 13.6. The Balaban J connectivity index is 1.48. The van der Waals surface area contributed by atoms with E-state index in [-0.39, 0.29) is 12.1 Å². The number of fused-ring (bicyclic) bond motifs is 1. The van der Waals surface area contributed by atoms with Gasteiger partial charge < -0.3 is 14.8 Å². The third kappa shape index (κ3) is 4.17. The first-order valence-corrected chi connectivity index (χ1v) is 8.50. The molecule has 8 nitrogen and oxygen atoms in total. The number of ether oxygens (including phenoxy) is 2. The Morgan fingerprint density at radius 1 is 1.07 bits per heavy atom. The number of carbonyl (C=O) groups is 4. The lowest BCUT2D eigenvalue weighted by molar-refractivity contribution is -0.147. The van der Waals surface area contributed by atoms with E-state index in [9.17, 15) is 19.2 Å². The zero-order chi connectivity index (χ0) is 20.1. The van der Waals surface area contributed by atoms with Crippen LogP contribution in [0.5, 0.6) is 5.75 Å². The van der Waals surface area contributed by atoms with Crippen LogP contribution < -0.4 is 15.0 Å². The number of esters is 1. The molecule has 0 radical (unpaired) electrons.